The molecule has 0 radical (unpaired) electrons. The van der Waals surface area contributed by atoms with Crippen LogP contribution in [-0.2, 0) is 9.47 Å². The van der Waals surface area contributed by atoms with E-state index in [1.54, 1.807) is 13.2 Å². The summed E-state index contributed by atoms with van der Waals surface area (Å²) in [6, 6.07) is 7.33. The summed E-state index contributed by atoms with van der Waals surface area (Å²) in [6.07, 6.45) is 4.48. The van der Waals surface area contributed by atoms with Crippen LogP contribution in [0.5, 0.6) is 5.75 Å². The molecule has 2 aliphatic heterocycles. The molecule has 23 heavy (non-hydrogen) atoms. The molecule has 3 rings (SSSR count). The highest BCUT2D eigenvalue weighted by molar-refractivity contribution is 5.94. The minimum atomic E-state index is 0.0231. The van der Waals surface area contributed by atoms with Crippen molar-refractivity contribution in [2.75, 3.05) is 33.4 Å². The van der Waals surface area contributed by atoms with Gasteiger partial charge in [-0.1, -0.05) is 6.07 Å². The highest BCUT2D eigenvalue weighted by Gasteiger charge is 2.27. The summed E-state index contributed by atoms with van der Waals surface area (Å²) in [5.41, 5.74) is 0.653. The summed E-state index contributed by atoms with van der Waals surface area (Å²) in [5, 5.41) is 0. The summed E-state index contributed by atoms with van der Waals surface area (Å²) in [7, 11) is 1.61. The number of methoxy groups -OCH3 is 1. The molecule has 1 aromatic carbocycles. The van der Waals surface area contributed by atoms with Crippen LogP contribution in [0.3, 0.4) is 0 Å². The number of rotatable bonds is 6. The molecule has 0 N–H and O–H groups in total. The van der Waals surface area contributed by atoms with Crippen LogP contribution < -0.4 is 4.74 Å². The van der Waals surface area contributed by atoms with E-state index in [0.717, 1.165) is 38.9 Å². The van der Waals surface area contributed by atoms with E-state index in [0.29, 0.717) is 24.4 Å². The fourth-order valence-electron chi connectivity index (χ4n) is 3.25. The van der Waals surface area contributed by atoms with Crippen molar-refractivity contribution >= 4 is 5.91 Å². The van der Waals surface area contributed by atoms with Gasteiger partial charge in [-0.25, -0.2) is 0 Å². The summed E-state index contributed by atoms with van der Waals surface area (Å²) < 4.78 is 16.7. The number of carbonyl (C=O) groups excluding carboxylic acids is 1. The van der Waals surface area contributed by atoms with E-state index < -0.39 is 0 Å². The lowest BCUT2D eigenvalue weighted by Gasteiger charge is -2.28. The molecule has 2 fully saturated rings. The molecule has 126 valence electrons. The third-order valence-electron chi connectivity index (χ3n) is 4.50. The average molecular weight is 319 g/mol. The third-order valence-corrected chi connectivity index (χ3v) is 4.50. The number of hydrogen-bond acceptors (Lipinski definition) is 4. The Morgan fingerprint density at radius 2 is 1.83 bits per heavy atom. The Hall–Kier alpha value is -1.59. The maximum absolute atomic E-state index is 12.9. The lowest BCUT2D eigenvalue weighted by Crippen LogP contribution is -2.42. The van der Waals surface area contributed by atoms with E-state index in [1.165, 1.54) is 0 Å². The second-order valence-corrected chi connectivity index (χ2v) is 6.21. The maximum atomic E-state index is 12.9. The van der Waals surface area contributed by atoms with Gasteiger partial charge in [0.25, 0.3) is 5.91 Å². The van der Waals surface area contributed by atoms with E-state index in [9.17, 15) is 4.79 Å². The van der Waals surface area contributed by atoms with Crippen molar-refractivity contribution < 1.29 is 19.0 Å². The van der Waals surface area contributed by atoms with Gasteiger partial charge in [-0.2, -0.15) is 0 Å². The van der Waals surface area contributed by atoms with Gasteiger partial charge in [-0.3, -0.25) is 4.79 Å². The number of benzene rings is 1. The van der Waals surface area contributed by atoms with Crippen LogP contribution in [0.1, 0.15) is 36.0 Å². The van der Waals surface area contributed by atoms with Gasteiger partial charge in [-0.05, 0) is 43.9 Å². The van der Waals surface area contributed by atoms with Crippen LogP contribution in [-0.4, -0.2) is 56.4 Å². The van der Waals surface area contributed by atoms with Crippen LogP contribution in [0.25, 0.3) is 0 Å². The van der Waals surface area contributed by atoms with Crippen molar-refractivity contribution in [1.82, 2.24) is 4.90 Å². The van der Waals surface area contributed by atoms with Crippen molar-refractivity contribution in [3.8, 4) is 5.75 Å². The first-order valence-electron chi connectivity index (χ1n) is 8.43. The number of nitrogens with zero attached hydrogens (tertiary/aromatic N) is 1. The Morgan fingerprint density at radius 1 is 1.17 bits per heavy atom. The molecular weight excluding hydrogens is 294 g/mol. The van der Waals surface area contributed by atoms with Gasteiger partial charge >= 0.3 is 0 Å². The number of amides is 1. The van der Waals surface area contributed by atoms with Crippen molar-refractivity contribution in [3.05, 3.63) is 29.8 Å². The van der Waals surface area contributed by atoms with Crippen LogP contribution in [0, 0.1) is 0 Å². The Balaban J connectivity index is 1.72. The quantitative estimate of drug-likeness (QED) is 0.808. The molecule has 5 heteroatoms. The lowest BCUT2D eigenvalue weighted by atomic mass is 10.1. The molecule has 0 aliphatic carbocycles. The van der Waals surface area contributed by atoms with Gasteiger partial charge < -0.3 is 19.1 Å². The zero-order chi connectivity index (χ0) is 16.1. The van der Waals surface area contributed by atoms with Crippen LogP contribution in [0.4, 0.5) is 0 Å². The summed E-state index contributed by atoms with van der Waals surface area (Å²) in [6.45, 7) is 2.86. The Labute approximate surface area is 137 Å². The largest absolute Gasteiger partial charge is 0.497 e. The molecule has 0 bridgehead atoms. The summed E-state index contributed by atoms with van der Waals surface area (Å²) >= 11 is 0. The Bertz CT molecular complexity index is 504. The van der Waals surface area contributed by atoms with E-state index in [2.05, 4.69) is 0 Å². The summed E-state index contributed by atoms with van der Waals surface area (Å²) in [5.74, 6) is 0.722. The normalized spacial score (nSPS) is 23.9. The Kier molecular flexibility index (Phi) is 5.51. The zero-order valence-electron chi connectivity index (χ0n) is 13.7. The molecule has 5 nitrogen and oxygen atoms in total. The van der Waals surface area contributed by atoms with Gasteiger partial charge in [0.15, 0.2) is 0 Å². The third kappa shape index (κ3) is 4.24. The topological polar surface area (TPSA) is 48.0 Å². The smallest absolute Gasteiger partial charge is 0.254 e. The first-order chi connectivity index (χ1) is 11.3. The van der Waals surface area contributed by atoms with E-state index >= 15 is 0 Å². The summed E-state index contributed by atoms with van der Waals surface area (Å²) in [4.78, 5) is 14.8. The van der Waals surface area contributed by atoms with Crippen molar-refractivity contribution in [2.24, 2.45) is 0 Å². The van der Waals surface area contributed by atoms with Gasteiger partial charge in [-0.15, -0.1) is 0 Å². The SMILES string of the molecule is COc1cccc(C(=O)N(C[C@H]2CCCO2)C[C@H]2CCCO2)c1. The van der Waals surface area contributed by atoms with Gasteiger partial charge in [0.2, 0.25) is 0 Å². The molecule has 2 atom stereocenters. The number of hydrogen-bond donors (Lipinski definition) is 0. The first-order valence-corrected chi connectivity index (χ1v) is 8.43. The van der Waals surface area contributed by atoms with Gasteiger partial charge in [0.05, 0.1) is 19.3 Å². The molecule has 2 saturated heterocycles. The van der Waals surface area contributed by atoms with Crippen LogP contribution in [0.2, 0.25) is 0 Å². The zero-order valence-corrected chi connectivity index (χ0v) is 13.7. The average Bonchev–Trinajstić information content (AvgIpc) is 3.27. The van der Waals surface area contributed by atoms with E-state index in [-0.39, 0.29) is 18.1 Å². The number of ether oxygens (including phenoxy) is 3. The fourth-order valence-corrected chi connectivity index (χ4v) is 3.25. The Morgan fingerprint density at radius 3 is 2.35 bits per heavy atom. The predicted octanol–water partition coefficient (Wildman–Crippen LogP) is 2.50. The van der Waals surface area contributed by atoms with Gasteiger partial charge in [0.1, 0.15) is 5.75 Å². The molecule has 0 aromatic heterocycles. The number of carbonyl (C=O) groups is 1. The second-order valence-electron chi connectivity index (χ2n) is 6.21. The monoisotopic (exact) mass is 319 g/mol. The van der Waals surface area contributed by atoms with Crippen molar-refractivity contribution in [3.63, 3.8) is 0 Å². The van der Waals surface area contributed by atoms with Gasteiger partial charge in [0, 0.05) is 31.9 Å². The minimum absolute atomic E-state index is 0.0231. The highest BCUT2D eigenvalue weighted by Crippen LogP contribution is 2.20. The molecule has 0 saturated carbocycles. The van der Waals surface area contributed by atoms with E-state index in [1.807, 2.05) is 23.1 Å². The predicted molar refractivity (Wildman–Crippen MR) is 86.8 cm³/mol. The molecule has 0 unspecified atom stereocenters. The molecule has 1 amide bonds. The maximum Gasteiger partial charge on any atom is 0.254 e. The second kappa shape index (κ2) is 7.79. The fraction of sp³-hybridized carbons (Fsp3) is 0.611. The van der Waals surface area contributed by atoms with Crippen LogP contribution in [0.15, 0.2) is 24.3 Å². The van der Waals surface area contributed by atoms with E-state index in [4.69, 9.17) is 14.2 Å². The van der Waals surface area contributed by atoms with Crippen molar-refractivity contribution in [2.45, 2.75) is 37.9 Å². The standard InChI is InChI=1S/C18H25NO4/c1-21-15-6-2-5-14(11-15)18(20)19(12-16-7-3-9-22-16)13-17-8-4-10-23-17/h2,5-6,11,16-17H,3-4,7-10,12-13H2,1H3/t16-,17-/m1/s1. The molecule has 1 aromatic rings. The highest BCUT2D eigenvalue weighted by atomic mass is 16.5. The minimum Gasteiger partial charge on any atom is -0.497 e. The lowest BCUT2D eigenvalue weighted by molar-refractivity contribution is 0.0307. The molecule has 0 spiro atoms. The van der Waals surface area contributed by atoms with Crippen LogP contribution >= 0.6 is 0 Å². The van der Waals surface area contributed by atoms with Crippen molar-refractivity contribution in [1.29, 1.82) is 0 Å². The molecular formula is C18H25NO4. The first kappa shape index (κ1) is 16.3. The molecule has 2 heterocycles. The molecule has 2 aliphatic rings.